The van der Waals surface area contributed by atoms with Crippen LogP contribution in [0.4, 0.5) is 0 Å². The van der Waals surface area contributed by atoms with Crippen LogP contribution >= 0.6 is 12.2 Å². The zero-order valence-electron chi connectivity index (χ0n) is 14.8. The molecule has 1 saturated carbocycles. The average molecular weight is 343 g/mol. The molecule has 1 aromatic carbocycles. The van der Waals surface area contributed by atoms with Crippen molar-refractivity contribution in [3.05, 3.63) is 45.5 Å². The van der Waals surface area contributed by atoms with Crippen LogP contribution in [0.2, 0.25) is 0 Å². The van der Waals surface area contributed by atoms with Gasteiger partial charge in [-0.25, -0.2) is 4.68 Å². The molecule has 1 saturated heterocycles. The summed E-state index contributed by atoms with van der Waals surface area (Å²) >= 11 is 5.63. The van der Waals surface area contributed by atoms with E-state index in [1.54, 1.807) is 0 Å². The second-order valence-corrected chi connectivity index (χ2v) is 7.79. The molecule has 2 aliphatic rings. The van der Waals surface area contributed by atoms with Crippen molar-refractivity contribution in [1.82, 2.24) is 19.2 Å². The van der Waals surface area contributed by atoms with Gasteiger partial charge in [-0.3, -0.25) is 4.90 Å². The third-order valence-corrected chi connectivity index (χ3v) is 6.10. The highest BCUT2D eigenvalue weighted by atomic mass is 32.1. The summed E-state index contributed by atoms with van der Waals surface area (Å²) in [5.41, 5.74) is 4.18. The van der Waals surface area contributed by atoms with Crippen molar-refractivity contribution in [2.75, 3.05) is 6.54 Å². The summed E-state index contributed by atoms with van der Waals surface area (Å²) in [6, 6.07) is 7.38. The predicted octanol–water partition coefficient (Wildman–Crippen LogP) is 4.24. The number of benzene rings is 1. The van der Waals surface area contributed by atoms with Crippen molar-refractivity contribution in [2.24, 2.45) is 7.05 Å². The highest BCUT2D eigenvalue weighted by Gasteiger charge is 2.31. The predicted molar refractivity (Wildman–Crippen MR) is 98.6 cm³/mol. The van der Waals surface area contributed by atoms with Gasteiger partial charge in [-0.05, 0) is 68.4 Å². The molecule has 0 amide bonds. The fraction of sp³-hybridized carbons (Fsp3) is 0.579. The van der Waals surface area contributed by atoms with Crippen LogP contribution in [0.25, 0.3) is 0 Å². The van der Waals surface area contributed by atoms with Crippen molar-refractivity contribution >= 4 is 12.2 Å². The highest BCUT2D eigenvalue weighted by molar-refractivity contribution is 7.71. The smallest absolute Gasteiger partial charge is 0.198 e. The maximum absolute atomic E-state index is 5.63. The van der Waals surface area contributed by atoms with Crippen molar-refractivity contribution < 1.29 is 0 Å². The molecule has 1 aliphatic heterocycles. The van der Waals surface area contributed by atoms with Crippen LogP contribution in [-0.4, -0.2) is 25.8 Å². The second kappa shape index (κ2) is 6.12. The lowest BCUT2D eigenvalue weighted by molar-refractivity contribution is 0.189. The number of aryl methyl sites for hydroxylation is 2. The fourth-order valence-electron chi connectivity index (χ4n) is 3.81. The van der Waals surface area contributed by atoms with Crippen LogP contribution in [0.15, 0.2) is 18.2 Å². The summed E-state index contributed by atoms with van der Waals surface area (Å²) < 4.78 is 4.99. The molecule has 1 aliphatic carbocycles. The molecule has 0 spiro atoms. The Morgan fingerprint density at radius 2 is 1.96 bits per heavy atom. The highest BCUT2D eigenvalue weighted by Crippen LogP contribution is 2.39. The molecule has 128 valence electrons. The molecule has 0 radical (unpaired) electrons. The van der Waals surface area contributed by atoms with Crippen molar-refractivity contribution in [2.45, 2.75) is 58.2 Å². The van der Waals surface area contributed by atoms with E-state index in [0.29, 0.717) is 12.0 Å². The van der Waals surface area contributed by atoms with E-state index in [9.17, 15) is 0 Å². The number of likely N-dealkylation sites (tertiary alicyclic amines) is 1. The third kappa shape index (κ3) is 2.84. The Morgan fingerprint density at radius 1 is 1.17 bits per heavy atom. The Hall–Kier alpha value is -1.46. The summed E-state index contributed by atoms with van der Waals surface area (Å²) in [7, 11) is 2.06. The topological polar surface area (TPSA) is 26.0 Å². The summed E-state index contributed by atoms with van der Waals surface area (Å²) in [5, 5.41) is 4.83. The normalized spacial score (nSPS) is 21.5. The monoisotopic (exact) mass is 342 g/mol. The van der Waals surface area contributed by atoms with Crippen LogP contribution in [0, 0.1) is 18.6 Å². The zero-order chi connectivity index (χ0) is 16.8. The summed E-state index contributed by atoms with van der Waals surface area (Å²) in [6.07, 6.45) is 4.98. The van der Waals surface area contributed by atoms with Crippen LogP contribution in [0.1, 0.15) is 60.2 Å². The molecule has 1 atom stereocenters. The first-order chi connectivity index (χ1) is 11.5. The molecule has 4 rings (SSSR count). The Balaban J connectivity index is 1.58. The van der Waals surface area contributed by atoms with E-state index in [1.807, 2.05) is 4.68 Å². The van der Waals surface area contributed by atoms with Crippen LogP contribution in [-0.2, 0) is 13.7 Å². The first-order valence-corrected chi connectivity index (χ1v) is 9.40. The van der Waals surface area contributed by atoms with Crippen LogP contribution in [0.5, 0.6) is 0 Å². The summed E-state index contributed by atoms with van der Waals surface area (Å²) in [4.78, 5) is 2.53. The molecule has 1 aromatic heterocycles. The minimum Gasteiger partial charge on any atom is -0.307 e. The Morgan fingerprint density at radius 3 is 2.67 bits per heavy atom. The number of rotatable bonds is 4. The lowest BCUT2D eigenvalue weighted by Crippen LogP contribution is -2.27. The first kappa shape index (κ1) is 16.0. The molecule has 1 unspecified atom stereocenters. The number of hydrogen-bond donors (Lipinski definition) is 0. The van der Waals surface area contributed by atoms with Crippen LogP contribution < -0.4 is 0 Å². The van der Waals surface area contributed by atoms with Gasteiger partial charge in [0.25, 0.3) is 0 Å². The van der Waals surface area contributed by atoms with Gasteiger partial charge >= 0.3 is 0 Å². The molecule has 0 N–H and O–H groups in total. The molecule has 2 fully saturated rings. The van der Waals surface area contributed by atoms with Crippen molar-refractivity contribution in [1.29, 1.82) is 0 Å². The van der Waals surface area contributed by atoms with E-state index in [4.69, 9.17) is 17.3 Å². The molecular formula is C19H26N4S. The number of nitrogens with zero attached hydrogens (tertiary/aromatic N) is 4. The summed E-state index contributed by atoms with van der Waals surface area (Å²) in [5.74, 6) is 1.80. The lowest BCUT2D eigenvalue weighted by atomic mass is 9.99. The van der Waals surface area contributed by atoms with E-state index < -0.39 is 0 Å². The molecule has 0 bridgehead atoms. The van der Waals surface area contributed by atoms with Gasteiger partial charge in [-0.15, -0.1) is 0 Å². The quantitative estimate of drug-likeness (QED) is 0.777. The standard InChI is InChI=1S/C19H26N4S/c1-13-6-7-16(11-14(13)2)17-5-4-10-22(17)12-23-19(24)21(3)18(20-23)15-8-9-15/h6-7,11,15,17H,4-5,8-10,12H2,1-3H3. The largest absolute Gasteiger partial charge is 0.307 e. The van der Waals surface area contributed by atoms with Crippen molar-refractivity contribution in [3.8, 4) is 0 Å². The molecule has 2 heterocycles. The van der Waals surface area contributed by atoms with E-state index >= 15 is 0 Å². The van der Waals surface area contributed by atoms with Gasteiger partial charge in [0.2, 0.25) is 0 Å². The molecule has 4 nitrogen and oxygen atoms in total. The van der Waals surface area contributed by atoms with E-state index in [0.717, 1.165) is 18.0 Å². The number of hydrogen-bond acceptors (Lipinski definition) is 3. The average Bonchev–Trinajstić information content (AvgIpc) is 3.24. The summed E-state index contributed by atoms with van der Waals surface area (Å²) in [6.45, 7) is 6.30. The maximum atomic E-state index is 5.63. The Kier molecular flexibility index (Phi) is 4.09. The zero-order valence-corrected chi connectivity index (χ0v) is 15.6. The SMILES string of the molecule is Cc1ccc(C2CCCN2Cn2nc(C3CC3)n(C)c2=S)cc1C. The van der Waals surface area contributed by atoms with E-state index in [1.165, 1.54) is 48.2 Å². The Labute approximate surface area is 149 Å². The van der Waals surface area contributed by atoms with Crippen LogP contribution in [0.3, 0.4) is 0 Å². The van der Waals surface area contributed by atoms with E-state index in [2.05, 4.69) is 48.6 Å². The molecule has 2 aromatic rings. The number of aromatic nitrogens is 3. The van der Waals surface area contributed by atoms with Gasteiger partial charge in [0, 0.05) is 25.6 Å². The van der Waals surface area contributed by atoms with Gasteiger partial charge in [-0.1, -0.05) is 18.2 Å². The van der Waals surface area contributed by atoms with Gasteiger partial charge in [-0.2, -0.15) is 5.10 Å². The van der Waals surface area contributed by atoms with Gasteiger partial charge in [0.05, 0.1) is 6.67 Å². The molecule has 24 heavy (non-hydrogen) atoms. The van der Waals surface area contributed by atoms with E-state index in [-0.39, 0.29) is 0 Å². The van der Waals surface area contributed by atoms with Gasteiger partial charge in [0.1, 0.15) is 5.82 Å². The molecular weight excluding hydrogens is 316 g/mol. The third-order valence-electron chi connectivity index (χ3n) is 5.61. The van der Waals surface area contributed by atoms with Gasteiger partial charge < -0.3 is 4.57 Å². The maximum Gasteiger partial charge on any atom is 0.198 e. The second-order valence-electron chi connectivity index (χ2n) is 7.43. The minimum atomic E-state index is 0.484. The minimum absolute atomic E-state index is 0.484. The first-order valence-electron chi connectivity index (χ1n) is 8.99. The lowest BCUT2D eigenvalue weighted by Gasteiger charge is -2.25. The van der Waals surface area contributed by atoms with Gasteiger partial charge in [0.15, 0.2) is 4.77 Å². The van der Waals surface area contributed by atoms with Crippen molar-refractivity contribution in [3.63, 3.8) is 0 Å². The Bertz CT molecular complexity index is 815. The fourth-order valence-corrected chi connectivity index (χ4v) is 4.00. The molecule has 5 heteroatoms.